The first kappa shape index (κ1) is 21.2. The van der Waals surface area contributed by atoms with E-state index in [4.69, 9.17) is 0 Å². The Morgan fingerprint density at radius 2 is 1.90 bits per heavy atom. The average molecular weight is 419 g/mol. The Hall–Kier alpha value is -3.06. The number of benzene rings is 2. The van der Waals surface area contributed by atoms with Crippen molar-refractivity contribution in [3.8, 4) is 11.4 Å². The lowest BCUT2D eigenvalue weighted by atomic mass is 10.0. The number of carbonyl (C=O) groups excluding carboxylic acids is 1. The van der Waals surface area contributed by atoms with Crippen molar-refractivity contribution in [1.82, 2.24) is 30.4 Å². The number of hydrogen-bond acceptors (Lipinski definition) is 5. The minimum Gasteiger partial charge on any atom is -0.353 e. The largest absolute Gasteiger partial charge is 0.353 e. The van der Waals surface area contributed by atoms with Crippen molar-refractivity contribution in [2.24, 2.45) is 0 Å². The molecule has 0 aliphatic carbocycles. The van der Waals surface area contributed by atoms with E-state index in [0.29, 0.717) is 25.2 Å². The van der Waals surface area contributed by atoms with Gasteiger partial charge in [0.25, 0.3) is 0 Å². The second-order valence-electron chi connectivity index (χ2n) is 8.29. The molecule has 3 aromatic rings. The van der Waals surface area contributed by atoms with Gasteiger partial charge in [-0.3, -0.25) is 9.69 Å². The van der Waals surface area contributed by atoms with Gasteiger partial charge in [0, 0.05) is 37.7 Å². The van der Waals surface area contributed by atoms with Crippen LogP contribution in [-0.2, 0) is 17.9 Å². The van der Waals surface area contributed by atoms with Gasteiger partial charge in [-0.2, -0.15) is 4.80 Å². The first-order valence-electron chi connectivity index (χ1n) is 11.1. The fraction of sp³-hybridized carbons (Fsp3) is 0.417. The Bertz CT molecular complexity index is 978. The Morgan fingerprint density at radius 1 is 1.10 bits per heavy atom. The molecule has 1 N–H and O–H groups in total. The number of amides is 1. The SMILES string of the molecule is Cc1cccc(CN2CCC(NC(=O)CCCn3nnc(-c4ccccc4)n3)CC2)c1. The molecular formula is C24H30N6O. The van der Waals surface area contributed by atoms with Crippen LogP contribution in [0.2, 0.25) is 0 Å². The molecule has 4 rings (SSSR count). The molecule has 7 nitrogen and oxygen atoms in total. The Labute approximate surface area is 183 Å². The Balaban J connectivity index is 1.15. The predicted molar refractivity (Wildman–Crippen MR) is 120 cm³/mol. The molecule has 0 atom stereocenters. The number of piperidine rings is 1. The van der Waals surface area contributed by atoms with Crippen molar-refractivity contribution in [2.75, 3.05) is 13.1 Å². The van der Waals surface area contributed by atoms with Crippen molar-refractivity contribution >= 4 is 5.91 Å². The van der Waals surface area contributed by atoms with E-state index in [-0.39, 0.29) is 11.9 Å². The number of nitrogens with one attached hydrogen (secondary N) is 1. The van der Waals surface area contributed by atoms with E-state index in [1.165, 1.54) is 11.1 Å². The van der Waals surface area contributed by atoms with Crippen LogP contribution in [0.15, 0.2) is 54.6 Å². The van der Waals surface area contributed by atoms with E-state index in [1.54, 1.807) is 4.80 Å². The maximum atomic E-state index is 12.3. The summed E-state index contributed by atoms with van der Waals surface area (Å²) in [6.07, 6.45) is 3.18. The van der Waals surface area contributed by atoms with Crippen LogP contribution in [0.4, 0.5) is 0 Å². The summed E-state index contributed by atoms with van der Waals surface area (Å²) in [5.74, 6) is 0.725. The highest BCUT2D eigenvalue weighted by Gasteiger charge is 2.20. The second kappa shape index (κ2) is 10.3. The topological polar surface area (TPSA) is 75.9 Å². The predicted octanol–water partition coefficient (Wildman–Crippen LogP) is 3.21. The molecule has 2 aromatic carbocycles. The molecule has 0 spiro atoms. The van der Waals surface area contributed by atoms with Gasteiger partial charge in [0.05, 0.1) is 6.54 Å². The van der Waals surface area contributed by atoms with E-state index in [2.05, 4.69) is 56.8 Å². The van der Waals surface area contributed by atoms with E-state index in [1.807, 2.05) is 30.3 Å². The summed E-state index contributed by atoms with van der Waals surface area (Å²) in [5.41, 5.74) is 3.61. The van der Waals surface area contributed by atoms with Crippen LogP contribution in [0.3, 0.4) is 0 Å². The zero-order valence-electron chi connectivity index (χ0n) is 18.1. The van der Waals surface area contributed by atoms with E-state index in [9.17, 15) is 4.79 Å². The molecule has 0 saturated carbocycles. The molecule has 1 aromatic heterocycles. The Morgan fingerprint density at radius 3 is 2.68 bits per heavy atom. The molecule has 0 radical (unpaired) electrons. The summed E-state index contributed by atoms with van der Waals surface area (Å²) >= 11 is 0. The Kier molecular flexibility index (Phi) is 7.04. The molecule has 0 unspecified atom stereocenters. The highest BCUT2D eigenvalue weighted by Crippen LogP contribution is 2.15. The fourth-order valence-corrected chi connectivity index (χ4v) is 4.03. The molecule has 2 heterocycles. The van der Waals surface area contributed by atoms with Crippen molar-refractivity contribution in [3.63, 3.8) is 0 Å². The van der Waals surface area contributed by atoms with Gasteiger partial charge in [-0.05, 0) is 37.0 Å². The second-order valence-corrected chi connectivity index (χ2v) is 8.29. The number of carbonyl (C=O) groups is 1. The first-order chi connectivity index (χ1) is 15.2. The molecule has 7 heteroatoms. The summed E-state index contributed by atoms with van der Waals surface area (Å²) in [6.45, 7) is 5.74. The quantitative estimate of drug-likeness (QED) is 0.608. The van der Waals surface area contributed by atoms with Crippen LogP contribution >= 0.6 is 0 Å². The number of hydrogen-bond donors (Lipinski definition) is 1. The number of aryl methyl sites for hydroxylation is 2. The lowest BCUT2D eigenvalue weighted by Crippen LogP contribution is -2.44. The van der Waals surface area contributed by atoms with E-state index in [0.717, 1.165) is 38.0 Å². The molecule has 1 amide bonds. The van der Waals surface area contributed by atoms with E-state index >= 15 is 0 Å². The lowest BCUT2D eigenvalue weighted by Gasteiger charge is -2.32. The van der Waals surface area contributed by atoms with Crippen LogP contribution in [0.1, 0.15) is 36.8 Å². The van der Waals surface area contributed by atoms with Gasteiger partial charge in [-0.1, -0.05) is 60.2 Å². The number of likely N-dealkylation sites (tertiary alicyclic amines) is 1. The van der Waals surface area contributed by atoms with Crippen molar-refractivity contribution in [3.05, 3.63) is 65.7 Å². The molecule has 162 valence electrons. The van der Waals surface area contributed by atoms with Gasteiger partial charge in [0.1, 0.15) is 0 Å². The summed E-state index contributed by atoms with van der Waals surface area (Å²) in [7, 11) is 0. The number of aromatic nitrogens is 4. The van der Waals surface area contributed by atoms with Crippen LogP contribution in [0.25, 0.3) is 11.4 Å². The van der Waals surface area contributed by atoms with Gasteiger partial charge in [0.2, 0.25) is 11.7 Å². The summed E-state index contributed by atoms with van der Waals surface area (Å²) < 4.78 is 0. The molecule has 1 saturated heterocycles. The summed E-state index contributed by atoms with van der Waals surface area (Å²) in [5, 5.41) is 15.8. The minimum atomic E-state index is 0.112. The number of nitrogens with zero attached hydrogens (tertiary/aromatic N) is 5. The number of rotatable bonds is 8. The maximum Gasteiger partial charge on any atom is 0.220 e. The van der Waals surface area contributed by atoms with Gasteiger partial charge in [-0.15, -0.1) is 10.2 Å². The zero-order valence-corrected chi connectivity index (χ0v) is 18.1. The standard InChI is InChI=1S/C24H30N6O/c1-19-7-5-8-20(17-19)18-29-15-12-22(13-16-29)25-23(31)11-6-14-30-27-24(26-28-30)21-9-3-2-4-10-21/h2-5,7-10,17,22H,6,11-16,18H2,1H3,(H,25,31). The normalized spacial score (nSPS) is 15.1. The van der Waals surface area contributed by atoms with Gasteiger partial charge < -0.3 is 5.32 Å². The fourth-order valence-electron chi connectivity index (χ4n) is 4.03. The summed E-state index contributed by atoms with van der Waals surface area (Å²) in [4.78, 5) is 16.4. The number of tetrazole rings is 1. The van der Waals surface area contributed by atoms with Crippen LogP contribution in [0.5, 0.6) is 0 Å². The van der Waals surface area contributed by atoms with Gasteiger partial charge >= 0.3 is 0 Å². The lowest BCUT2D eigenvalue weighted by molar-refractivity contribution is -0.122. The third-order valence-corrected chi connectivity index (χ3v) is 5.69. The zero-order chi connectivity index (χ0) is 21.5. The molecule has 31 heavy (non-hydrogen) atoms. The minimum absolute atomic E-state index is 0.112. The summed E-state index contributed by atoms with van der Waals surface area (Å²) in [6, 6.07) is 18.7. The smallest absolute Gasteiger partial charge is 0.220 e. The first-order valence-corrected chi connectivity index (χ1v) is 11.1. The monoisotopic (exact) mass is 418 g/mol. The van der Waals surface area contributed by atoms with Crippen LogP contribution in [0, 0.1) is 6.92 Å². The highest BCUT2D eigenvalue weighted by molar-refractivity contribution is 5.76. The molecular weight excluding hydrogens is 388 g/mol. The van der Waals surface area contributed by atoms with Crippen LogP contribution < -0.4 is 5.32 Å². The molecule has 1 fully saturated rings. The highest BCUT2D eigenvalue weighted by atomic mass is 16.1. The van der Waals surface area contributed by atoms with Crippen molar-refractivity contribution < 1.29 is 4.79 Å². The molecule has 0 bridgehead atoms. The molecule has 1 aliphatic rings. The van der Waals surface area contributed by atoms with Crippen molar-refractivity contribution in [2.45, 2.75) is 51.7 Å². The third kappa shape index (κ3) is 6.21. The maximum absolute atomic E-state index is 12.3. The van der Waals surface area contributed by atoms with Gasteiger partial charge in [-0.25, -0.2) is 0 Å². The van der Waals surface area contributed by atoms with Crippen LogP contribution in [-0.4, -0.2) is 50.1 Å². The average Bonchev–Trinajstić information content (AvgIpc) is 3.25. The van der Waals surface area contributed by atoms with E-state index < -0.39 is 0 Å². The van der Waals surface area contributed by atoms with Crippen molar-refractivity contribution in [1.29, 1.82) is 0 Å². The third-order valence-electron chi connectivity index (χ3n) is 5.69. The van der Waals surface area contributed by atoms with Gasteiger partial charge in [0.15, 0.2) is 0 Å². The molecule has 1 aliphatic heterocycles.